The molecule has 5 nitrogen and oxygen atoms in total. The van der Waals surface area contributed by atoms with Crippen LogP contribution in [0.5, 0.6) is 0 Å². The van der Waals surface area contributed by atoms with Crippen molar-refractivity contribution in [2.45, 2.75) is 6.54 Å². The number of nitrogens with two attached hydrogens (primary N) is 1. The first-order chi connectivity index (χ1) is 7.18. The Balaban J connectivity index is 2.71. The Morgan fingerprint density at radius 1 is 1.40 bits per heavy atom. The van der Waals surface area contributed by atoms with Crippen molar-refractivity contribution < 1.29 is 4.79 Å². The molecule has 2 rings (SSSR count). The van der Waals surface area contributed by atoms with Crippen LogP contribution in [-0.2, 0) is 11.3 Å². The average molecular weight is 203 g/mol. The van der Waals surface area contributed by atoms with Gasteiger partial charge in [0, 0.05) is 0 Å². The molecule has 0 saturated heterocycles. The normalized spacial score (nSPS) is 10.4. The number of aromatic nitrogens is 2. The number of fused-ring (bicyclic) bond motifs is 1. The van der Waals surface area contributed by atoms with E-state index in [1.807, 2.05) is 0 Å². The summed E-state index contributed by atoms with van der Waals surface area (Å²) in [5, 5.41) is 0.487. The molecule has 0 bridgehead atoms. The minimum Gasteiger partial charge on any atom is -0.368 e. The lowest BCUT2D eigenvalue weighted by Crippen LogP contribution is -2.21. The first-order valence-corrected chi connectivity index (χ1v) is 4.41. The first-order valence-electron chi connectivity index (χ1n) is 4.41. The molecule has 0 radical (unpaired) electrons. The van der Waals surface area contributed by atoms with Crippen LogP contribution in [0.25, 0.3) is 10.9 Å². The first kappa shape index (κ1) is 9.39. The van der Waals surface area contributed by atoms with Gasteiger partial charge < -0.3 is 10.3 Å². The highest BCUT2D eigenvalue weighted by Crippen LogP contribution is 2.07. The largest absolute Gasteiger partial charge is 0.368 e. The summed E-state index contributed by atoms with van der Waals surface area (Å²) in [6, 6.07) is 6.96. The molecule has 0 atom stereocenters. The topological polar surface area (TPSA) is 78.0 Å². The van der Waals surface area contributed by atoms with Gasteiger partial charge in [-0.1, -0.05) is 12.1 Å². The quantitative estimate of drug-likeness (QED) is 0.739. The Bertz CT molecular complexity index is 574. The SMILES string of the molecule is NC(=O)Cn1cnc(=O)c2ccccc21. The van der Waals surface area contributed by atoms with Gasteiger partial charge in [0.25, 0.3) is 5.56 Å². The van der Waals surface area contributed by atoms with Crippen LogP contribution in [-0.4, -0.2) is 15.5 Å². The van der Waals surface area contributed by atoms with Crippen LogP contribution in [0.15, 0.2) is 35.4 Å². The van der Waals surface area contributed by atoms with E-state index in [4.69, 9.17) is 5.73 Å². The lowest BCUT2D eigenvalue weighted by molar-refractivity contribution is -0.118. The summed E-state index contributed by atoms with van der Waals surface area (Å²) in [5.41, 5.74) is 5.45. The van der Waals surface area contributed by atoms with Gasteiger partial charge in [-0.2, -0.15) is 4.98 Å². The highest BCUT2D eigenvalue weighted by atomic mass is 16.1. The third-order valence-corrected chi connectivity index (χ3v) is 2.08. The summed E-state index contributed by atoms with van der Waals surface area (Å²) in [6.45, 7) is 0.0216. The molecule has 5 heteroatoms. The number of nitrogens with zero attached hydrogens (tertiary/aromatic N) is 2. The Morgan fingerprint density at radius 2 is 2.13 bits per heavy atom. The summed E-state index contributed by atoms with van der Waals surface area (Å²) < 4.78 is 1.55. The summed E-state index contributed by atoms with van der Waals surface area (Å²) in [4.78, 5) is 25.8. The second-order valence-corrected chi connectivity index (χ2v) is 3.16. The van der Waals surface area contributed by atoms with Crippen LogP contribution in [0.4, 0.5) is 0 Å². The van der Waals surface area contributed by atoms with E-state index < -0.39 is 5.91 Å². The van der Waals surface area contributed by atoms with Gasteiger partial charge in [-0.05, 0) is 12.1 Å². The Morgan fingerprint density at radius 3 is 2.87 bits per heavy atom. The van der Waals surface area contributed by atoms with E-state index in [-0.39, 0.29) is 12.1 Å². The van der Waals surface area contributed by atoms with E-state index in [1.54, 1.807) is 28.8 Å². The van der Waals surface area contributed by atoms with E-state index in [0.29, 0.717) is 10.9 Å². The summed E-state index contributed by atoms with van der Waals surface area (Å²) in [7, 11) is 0. The van der Waals surface area contributed by atoms with E-state index in [2.05, 4.69) is 4.98 Å². The maximum absolute atomic E-state index is 11.4. The van der Waals surface area contributed by atoms with Gasteiger partial charge in [-0.25, -0.2) is 0 Å². The molecule has 2 N–H and O–H groups in total. The van der Waals surface area contributed by atoms with E-state index in [1.165, 1.54) is 6.33 Å². The number of para-hydroxylation sites is 1. The van der Waals surface area contributed by atoms with Gasteiger partial charge in [0.2, 0.25) is 5.91 Å². The number of carbonyl (C=O) groups is 1. The second kappa shape index (κ2) is 3.53. The molecule has 0 saturated carbocycles. The lowest BCUT2D eigenvalue weighted by Gasteiger charge is -2.06. The zero-order valence-electron chi connectivity index (χ0n) is 7.88. The Labute approximate surface area is 85.2 Å². The van der Waals surface area contributed by atoms with Gasteiger partial charge in [-0.3, -0.25) is 9.59 Å². The average Bonchev–Trinajstić information content (AvgIpc) is 2.22. The molecule has 15 heavy (non-hydrogen) atoms. The van der Waals surface area contributed by atoms with E-state index in [0.717, 1.165) is 0 Å². The van der Waals surface area contributed by atoms with Crippen molar-refractivity contribution in [3.8, 4) is 0 Å². The van der Waals surface area contributed by atoms with Crippen molar-refractivity contribution in [2.24, 2.45) is 5.73 Å². The monoisotopic (exact) mass is 203 g/mol. The zero-order valence-corrected chi connectivity index (χ0v) is 7.88. The number of amides is 1. The van der Waals surface area contributed by atoms with Crippen LogP contribution >= 0.6 is 0 Å². The Kier molecular flexibility index (Phi) is 2.21. The fraction of sp³-hybridized carbons (Fsp3) is 0.100. The standard InChI is InChI=1S/C10H9N3O2/c11-9(14)5-13-6-12-10(15)7-3-1-2-4-8(7)13/h1-4,6H,5H2,(H2,11,14). The maximum atomic E-state index is 11.4. The zero-order chi connectivity index (χ0) is 10.8. The number of primary amides is 1. The molecule has 0 aliphatic heterocycles. The van der Waals surface area contributed by atoms with Gasteiger partial charge in [0.1, 0.15) is 6.54 Å². The maximum Gasteiger partial charge on any atom is 0.280 e. The van der Waals surface area contributed by atoms with Crippen molar-refractivity contribution in [2.75, 3.05) is 0 Å². The molecule has 0 aliphatic rings. The molecular formula is C10H9N3O2. The van der Waals surface area contributed by atoms with Crippen LogP contribution in [0.2, 0.25) is 0 Å². The van der Waals surface area contributed by atoms with Crippen molar-refractivity contribution >= 4 is 16.8 Å². The molecule has 1 heterocycles. The third kappa shape index (κ3) is 1.71. The van der Waals surface area contributed by atoms with Gasteiger partial charge >= 0.3 is 0 Å². The van der Waals surface area contributed by atoms with Gasteiger partial charge in [0.15, 0.2) is 0 Å². The minimum absolute atomic E-state index is 0.0216. The number of benzene rings is 1. The van der Waals surface area contributed by atoms with Crippen molar-refractivity contribution in [3.05, 3.63) is 40.9 Å². The molecule has 0 spiro atoms. The molecular weight excluding hydrogens is 194 g/mol. The molecule has 2 aromatic rings. The van der Waals surface area contributed by atoms with Crippen molar-refractivity contribution in [1.29, 1.82) is 0 Å². The summed E-state index contributed by atoms with van der Waals surface area (Å²) in [5.74, 6) is -0.467. The molecule has 1 aromatic heterocycles. The molecule has 1 amide bonds. The molecule has 0 fully saturated rings. The molecule has 1 aromatic carbocycles. The fourth-order valence-corrected chi connectivity index (χ4v) is 1.45. The summed E-state index contributed by atoms with van der Waals surface area (Å²) in [6.07, 6.45) is 1.33. The van der Waals surface area contributed by atoms with E-state index >= 15 is 0 Å². The fourth-order valence-electron chi connectivity index (χ4n) is 1.45. The van der Waals surface area contributed by atoms with Gasteiger partial charge in [-0.15, -0.1) is 0 Å². The third-order valence-electron chi connectivity index (χ3n) is 2.08. The minimum atomic E-state index is -0.467. The van der Waals surface area contributed by atoms with Crippen LogP contribution in [0.1, 0.15) is 0 Å². The molecule has 76 valence electrons. The molecule has 0 unspecified atom stereocenters. The van der Waals surface area contributed by atoms with Crippen LogP contribution in [0.3, 0.4) is 0 Å². The van der Waals surface area contributed by atoms with Crippen LogP contribution < -0.4 is 11.3 Å². The number of rotatable bonds is 2. The van der Waals surface area contributed by atoms with E-state index in [9.17, 15) is 9.59 Å². The lowest BCUT2D eigenvalue weighted by atomic mass is 10.2. The molecule has 0 aliphatic carbocycles. The highest BCUT2D eigenvalue weighted by molar-refractivity contribution is 5.80. The Hall–Kier alpha value is -2.17. The van der Waals surface area contributed by atoms with Crippen molar-refractivity contribution in [1.82, 2.24) is 9.55 Å². The number of hydrogen-bond donors (Lipinski definition) is 1. The highest BCUT2D eigenvalue weighted by Gasteiger charge is 2.04. The second-order valence-electron chi connectivity index (χ2n) is 3.16. The predicted molar refractivity (Wildman–Crippen MR) is 55.2 cm³/mol. The predicted octanol–water partition coefficient (Wildman–Crippen LogP) is -0.118. The number of carbonyl (C=O) groups excluding carboxylic acids is 1. The number of hydrogen-bond acceptors (Lipinski definition) is 3. The van der Waals surface area contributed by atoms with Crippen molar-refractivity contribution in [3.63, 3.8) is 0 Å². The van der Waals surface area contributed by atoms with Gasteiger partial charge in [0.05, 0.1) is 17.2 Å². The smallest absolute Gasteiger partial charge is 0.280 e. The van der Waals surface area contributed by atoms with Crippen LogP contribution in [0, 0.1) is 0 Å². The summed E-state index contributed by atoms with van der Waals surface area (Å²) >= 11 is 0.